The van der Waals surface area contributed by atoms with Gasteiger partial charge in [-0.1, -0.05) is 0 Å². The molecular formula is C11H13BrF2N2O. The molecule has 0 heterocycles. The van der Waals surface area contributed by atoms with E-state index in [1.165, 1.54) is 6.07 Å². The average Bonchev–Trinajstić information content (AvgIpc) is 2.25. The number of hydrogen-bond acceptors (Lipinski definition) is 2. The van der Waals surface area contributed by atoms with Crippen molar-refractivity contribution in [2.45, 2.75) is 13.8 Å². The molecule has 0 spiro atoms. The second kappa shape index (κ2) is 5.10. The average molecular weight is 307 g/mol. The Labute approximate surface area is 107 Å². The van der Waals surface area contributed by atoms with Gasteiger partial charge in [0.1, 0.15) is 11.6 Å². The SMILES string of the molecule is CC(C)(CN)C(=O)Nc1cc(Br)c(F)cc1F. The summed E-state index contributed by atoms with van der Waals surface area (Å²) in [5, 5.41) is 2.38. The second-order valence-corrected chi connectivity index (χ2v) is 5.14. The van der Waals surface area contributed by atoms with Gasteiger partial charge in [-0.05, 0) is 35.8 Å². The first-order valence-corrected chi connectivity index (χ1v) is 5.73. The van der Waals surface area contributed by atoms with E-state index in [2.05, 4.69) is 21.2 Å². The molecule has 0 unspecified atom stereocenters. The first-order valence-electron chi connectivity index (χ1n) is 4.94. The lowest BCUT2D eigenvalue weighted by Crippen LogP contribution is -2.37. The smallest absolute Gasteiger partial charge is 0.231 e. The molecule has 3 nitrogen and oxygen atoms in total. The van der Waals surface area contributed by atoms with Crippen LogP contribution in [-0.4, -0.2) is 12.5 Å². The maximum absolute atomic E-state index is 13.4. The lowest BCUT2D eigenvalue weighted by atomic mass is 9.92. The highest BCUT2D eigenvalue weighted by Gasteiger charge is 2.26. The summed E-state index contributed by atoms with van der Waals surface area (Å²) in [5.74, 6) is -1.97. The Morgan fingerprint density at radius 3 is 2.53 bits per heavy atom. The van der Waals surface area contributed by atoms with Gasteiger partial charge in [-0.15, -0.1) is 0 Å². The zero-order chi connectivity index (χ0) is 13.2. The highest BCUT2D eigenvalue weighted by atomic mass is 79.9. The minimum Gasteiger partial charge on any atom is -0.329 e. The Balaban J connectivity index is 2.97. The molecule has 0 bridgehead atoms. The standard InChI is InChI=1S/C11H13BrF2N2O/c1-11(2,5-15)10(17)16-9-3-6(12)7(13)4-8(9)14/h3-4H,5,15H2,1-2H3,(H,16,17). The van der Waals surface area contributed by atoms with Crippen LogP contribution in [0.15, 0.2) is 16.6 Å². The van der Waals surface area contributed by atoms with Crippen molar-refractivity contribution in [1.82, 2.24) is 0 Å². The number of hydrogen-bond donors (Lipinski definition) is 2. The Morgan fingerprint density at radius 2 is 2.00 bits per heavy atom. The van der Waals surface area contributed by atoms with Crippen LogP contribution in [0.1, 0.15) is 13.8 Å². The molecule has 6 heteroatoms. The van der Waals surface area contributed by atoms with E-state index in [1.54, 1.807) is 13.8 Å². The third-order valence-electron chi connectivity index (χ3n) is 2.38. The van der Waals surface area contributed by atoms with E-state index >= 15 is 0 Å². The Morgan fingerprint density at radius 1 is 1.41 bits per heavy atom. The van der Waals surface area contributed by atoms with Gasteiger partial charge in [-0.2, -0.15) is 0 Å². The first kappa shape index (κ1) is 14.1. The van der Waals surface area contributed by atoms with Crippen molar-refractivity contribution >= 4 is 27.5 Å². The van der Waals surface area contributed by atoms with Gasteiger partial charge in [0.25, 0.3) is 0 Å². The van der Waals surface area contributed by atoms with E-state index in [-0.39, 0.29) is 16.7 Å². The predicted octanol–water partition coefficient (Wildman–Crippen LogP) is 2.65. The monoisotopic (exact) mass is 306 g/mol. The minimum atomic E-state index is -0.827. The summed E-state index contributed by atoms with van der Waals surface area (Å²) < 4.78 is 26.4. The van der Waals surface area contributed by atoms with Crippen LogP contribution in [-0.2, 0) is 4.79 Å². The van der Waals surface area contributed by atoms with Crippen molar-refractivity contribution in [3.8, 4) is 0 Å². The summed E-state index contributed by atoms with van der Waals surface area (Å²) >= 11 is 2.92. The number of halogens is 3. The van der Waals surface area contributed by atoms with E-state index < -0.39 is 23.0 Å². The summed E-state index contributed by atoms with van der Waals surface area (Å²) in [4.78, 5) is 11.7. The van der Waals surface area contributed by atoms with Crippen LogP contribution in [0, 0.1) is 17.0 Å². The molecule has 3 N–H and O–H groups in total. The largest absolute Gasteiger partial charge is 0.329 e. The van der Waals surface area contributed by atoms with Crippen molar-refractivity contribution in [2.24, 2.45) is 11.1 Å². The number of rotatable bonds is 3. The van der Waals surface area contributed by atoms with Gasteiger partial charge in [-0.3, -0.25) is 4.79 Å². The Hall–Kier alpha value is -1.01. The van der Waals surface area contributed by atoms with Crippen molar-refractivity contribution in [1.29, 1.82) is 0 Å². The molecule has 0 fully saturated rings. The molecule has 1 amide bonds. The fraction of sp³-hybridized carbons (Fsp3) is 0.364. The predicted molar refractivity (Wildman–Crippen MR) is 65.5 cm³/mol. The highest BCUT2D eigenvalue weighted by Crippen LogP contribution is 2.25. The molecule has 0 aliphatic rings. The molecular weight excluding hydrogens is 294 g/mol. The number of anilines is 1. The van der Waals surface area contributed by atoms with Gasteiger partial charge in [0.2, 0.25) is 5.91 Å². The summed E-state index contributed by atoms with van der Waals surface area (Å²) in [6, 6.07) is 1.88. The molecule has 0 aliphatic carbocycles. The van der Waals surface area contributed by atoms with Crippen LogP contribution in [0.25, 0.3) is 0 Å². The van der Waals surface area contributed by atoms with Crippen molar-refractivity contribution < 1.29 is 13.6 Å². The fourth-order valence-corrected chi connectivity index (χ4v) is 1.35. The summed E-state index contributed by atoms with van der Waals surface area (Å²) in [7, 11) is 0. The number of carbonyl (C=O) groups excluding carboxylic acids is 1. The molecule has 0 atom stereocenters. The summed E-state index contributed by atoms with van der Waals surface area (Å²) in [5.41, 5.74) is 4.54. The lowest BCUT2D eigenvalue weighted by Gasteiger charge is -2.21. The number of nitrogens with two attached hydrogens (primary N) is 1. The van der Waals surface area contributed by atoms with E-state index in [0.29, 0.717) is 6.07 Å². The van der Waals surface area contributed by atoms with Gasteiger partial charge in [0.15, 0.2) is 0 Å². The van der Waals surface area contributed by atoms with E-state index in [1.807, 2.05) is 0 Å². The molecule has 94 valence electrons. The normalized spacial score (nSPS) is 11.4. The van der Waals surface area contributed by atoms with E-state index in [0.717, 1.165) is 0 Å². The molecule has 0 saturated heterocycles. The van der Waals surface area contributed by atoms with Crippen LogP contribution >= 0.6 is 15.9 Å². The maximum atomic E-state index is 13.4. The fourth-order valence-electron chi connectivity index (χ4n) is 1.00. The third-order valence-corrected chi connectivity index (χ3v) is 2.99. The topological polar surface area (TPSA) is 55.1 Å². The zero-order valence-electron chi connectivity index (χ0n) is 9.48. The number of nitrogens with one attached hydrogen (secondary N) is 1. The zero-order valence-corrected chi connectivity index (χ0v) is 11.1. The third kappa shape index (κ3) is 3.23. The van der Waals surface area contributed by atoms with Crippen LogP contribution in [0.4, 0.5) is 14.5 Å². The summed E-state index contributed by atoms with van der Waals surface area (Å²) in [6.07, 6.45) is 0. The van der Waals surface area contributed by atoms with Crippen LogP contribution < -0.4 is 11.1 Å². The molecule has 0 aromatic heterocycles. The number of carbonyl (C=O) groups is 1. The molecule has 1 aromatic rings. The van der Waals surface area contributed by atoms with Gasteiger partial charge < -0.3 is 11.1 Å². The van der Waals surface area contributed by atoms with E-state index in [4.69, 9.17) is 5.73 Å². The van der Waals surface area contributed by atoms with Crippen LogP contribution in [0.2, 0.25) is 0 Å². The van der Waals surface area contributed by atoms with Gasteiger partial charge in [-0.25, -0.2) is 8.78 Å². The van der Waals surface area contributed by atoms with Crippen molar-refractivity contribution in [3.05, 3.63) is 28.2 Å². The number of benzene rings is 1. The summed E-state index contributed by atoms with van der Waals surface area (Å²) in [6.45, 7) is 3.40. The molecule has 17 heavy (non-hydrogen) atoms. The van der Waals surface area contributed by atoms with E-state index in [9.17, 15) is 13.6 Å². The molecule has 0 saturated carbocycles. The number of amides is 1. The second-order valence-electron chi connectivity index (χ2n) is 4.29. The van der Waals surface area contributed by atoms with Crippen molar-refractivity contribution in [2.75, 3.05) is 11.9 Å². The molecule has 0 radical (unpaired) electrons. The first-order chi connectivity index (χ1) is 7.77. The Bertz CT molecular complexity index is 449. The van der Waals surface area contributed by atoms with Gasteiger partial charge in [0, 0.05) is 12.6 Å². The molecule has 1 rings (SSSR count). The highest BCUT2D eigenvalue weighted by molar-refractivity contribution is 9.10. The maximum Gasteiger partial charge on any atom is 0.231 e. The Kier molecular flexibility index (Phi) is 4.21. The molecule has 0 aliphatic heterocycles. The van der Waals surface area contributed by atoms with Crippen molar-refractivity contribution in [3.63, 3.8) is 0 Å². The van der Waals surface area contributed by atoms with Crippen LogP contribution in [0.5, 0.6) is 0 Å². The van der Waals surface area contributed by atoms with Gasteiger partial charge in [0.05, 0.1) is 15.6 Å². The van der Waals surface area contributed by atoms with Crippen LogP contribution in [0.3, 0.4) is 0 Å². The van der Waals surface area contributed by atoms with Gasteiger partial charge >= 0.3 is 0 Å². The molecule has 1 aromatic carbocycles. The lowest BCUT2D eigenvalue weighted by molar-refractivity contribution is -0.123. The quantitative estimate of drug-likeness (QED) is 0.844. The minimum absolute atomic E-state index is 0.0789.